The summed E-state index contributed by atoms with van der Waals surface area (Å²) in [5.41, 5.74) is 1.95. The molecule has 0 spiro atoms. The van der Waals surface area contributed by atoms with Crippen LogP contribution >= 0.6 is 0 Å². The van der Waals surface area contributed by atoms with E-state index in [9.17, 15) is 32.3 Å². The number of aromatic nitrogens is 5. The van der Waals surface area contributed by atoms with Gasteiger partial charge in [-0.2, -0.15) is 18.3 Å². The molecule has 3 amide bonds. The maximum Gasteiger partial charge on any atom is 0.433 e. The number of halogens is 3. The van der Waals surface area contributed by atoms with Crippen LogP contribution in [0.25, 0.3) is 21.9 Å². The summed E-state index contributed by atoms with van der Waals surface area (Å²) in [6.45, 7) is 5.72. The van der Waals surface area contributed by atoms with Gasteiger partial charge >= 0.3 is 11.9 Å². The second-order valence-electron chi connectivity index (χ2n) is 15.0. The molecule has 2 atom stereocenters. The Morgan fingerprint density at radius 3 is 2.51 bits per heavy atom. The fraction of sp³-hybridized carbons (Fsp3) is 0.436. The van der Waals surface area contributed by atoms with Crippen LogP contribution in [0.5, 0.6) is 0 Å². The first-order valence-electron chi connectivity index (χ1n) is 18.7. The second-order valence-corrected chi connectivity index (χ2v) is 15.0. The fourth-order valence-corrected chi connectivity index (χ4v) is 8.54. The lowest BCUT2D eigenvalue weighted by molar-refractivity contribution is -0.141. The van der Waals surface area contributed by atoms with Crippen LogP contribution in [0, 0.1) is 5.92 Å². The number of pyridine rings is 1. The Kier molecular flexibility index (Phi) is 9.47. The molecule has 0 bridgehead atoms. The van der Waals surface area contributed by atoms with Crippen LogP contribution in [-0.4, -0.2) is 78.7 Å². The number of rotatable bonds is 7. The average molecular weight is 758 g/mol. The van der Waals surface area contributed by atoms with Gasteiger partial charge in [0.1, 0.15) is 17.4 Å². The summed E-state index contributed by atoms with van der Waals surface area (Å²) in [6, 6.07) is 14.1. The molecule has 5 heterocycles. The van der Waals surface area contributed by atoms with Gasteiger partial charge in [0.25, 0.3) is 5.91 Å². The van der Waals surface area contributed by atoms with E-state index >= 15 is 0 Å². The van der Waals surface area contributed by atoms with Crippen molar-refractivity contribution in [2.75, 3.05) is 36.4 Å². The summed E-state index contributed by atoms with van der Waals surface area (Å²) in [6.07, 6.45) is 1.91. The van der Waals surface area contributed by atoms with E-state index in [2.05, 4.69) is 32.3 Å². The molecular weight excluding hydrogens is 715 g/mol. The molecule has 2 saturated heterocycles. The van der Waals surface area contributed by atoms with Gasteiger partial charge in [0.15, 0.2) is 0 Å². The van der Waals surface area contributed by atoms with Gasteiger partial charge in [-0.25, -0.2) is 9.78 Å². The molecule has 16 heteroatoms. The first-order chi connectivity index (χ1) is 26.3. The number of carbonyl (C=O) groups is 3. The van der Waals surface area contributed by atoms with Gasteiger partial charge in [0, 0.05) is 63.0 Å². The Bertz CT molecular complexity index is 2360. The van der Waals surface area contributed by atoms with Crippen molar-refractivity contribution in [3.05, 3.63) is 82.7 Å². The number of nitrogens with zero attached hydrogens (tertiary/aromatic N) is 7. The van der Waals surface area contributed by atoms with Crippen molar-refractivity contribution in [3.8, 4) is 0 Å². The van der Waals surface area contributed by atoms with Crippen molar-refractivity contribution < 1.29 is 27.6 Å². The summed E-state index contributed by atoms with van der Waals surface area (Å²) in [7, 11) is 1.74. The molecule has 1 unspecified atom stereocenters. The van der Waals surface area contributed by atoms with E-state index in [0.717, 1.165) is 86.1 Å². The minimum atomic E-state index is -4.64. The SMILES string of the molecule is C[C@H]1CN(c2cccc3c2n(C)c(=O)n3C2CCC(=O)NC2=O)CCN1CC1CCC(n2cc3cc(NC(=O)c4cccc(C(F)(F)F)n4)ccc3n2)CC1. The largest absolute Gasteiger partial charge is 0.433 e. The predicted molar refractivity (Wildman–Crippen MR) is 200 cm³/mol. The molecule has 8 rings (SSSR count). The Morgan fingerprint density at radius 2 is 1.76 bits per heavy atom. The van der Waals surface area contributed by atoms with Crippen LogP contribution in [0.2, 0.25) is 0 Å². The smallest absolute Gasteiger partial charge is 0.367 e. The Morgan fingerprint density at radius 1 is 0.982 bits per heavy atom. The molecule has 55 heavy (non-hydrogen) atoms. The Balaban J connectivity index is 0.873. The van der Waals surface area contributed by atoms with Gasteiger partial charge < -0.3 is 10.2 Å². The Hall–Kier alpha value is -5.51. The van der Waals surface area contributed by atoms with E-state index < -0.39 is 29.7 Å². The van der Waals surface area contributed by atoms with Crippen molar-refractivity contribution in [2.45, 2.75) is 69.8 Å². The van der Waals surface area contributed by atoms with E-state index in [0.29, 0.717) is 23.5 Å². The van der Waals surface area contributed by atoms with Crippen molar-refractivity contribution in [2.24, 2.45) is 13.0 Å². The van der Waals surface area contributed by atoms with Gasteiger partial charge in [-0.3, -0.25) is 38.4 Å². The number of anilines is 2. The quantitative estimate of drug-likeness (QED) is 0.214. The van der Waals surface area contributed by atoms with Crippen molar-refractivity contribution in [1.29, 1.82) is 0 Å². The highest BCUT2D eigenvalue weighted by Gasteiger charge is 2.35. The number of fused-ring (bicyclic) bond motifs is 2. The van der Waals surface area contributed by atoms with E-state index in [4.69, 9.17) is 5.10 Å². The summed E-state index contributed by atoms with van der Waals surface area (Å²) in [4.78, 5) is 59.0. The number of aryl methyl sites for hydroxylation is 1. The summed E-state index contributed by atoms with van der Waals surface area (Å²) < 4.78 is 44.4. The van der Waals surface area contributed by atoms with Crippen LogP contribution in [0.3, 0.4) is 0 Å². The van der Waals surface area contributed by atoms with Gasteiger partial charge in [-0.15, -0.1) is 0 Å². The molecule has 3 aliphatic rings. The predicted octanol–water partition coefficient (Wildman–Crippen LogP) is 5.28. The molecule has 3 fully saturated rings. The van der Waals surface area contributed by atoms with Crippen molar-refractivity contribution >= 4 is 51.0 Å². The third-order valence-electron chi connectivity index (χ3n) is 11.4. The van der Waals surface area contributed by atoms with E-state index in [1.165, 1.54) is 10.6 Å². The molecule has 1 aliphatic carbocycles. The van der Waals surface area contributed by atoms with Crippen molar-refractivity contribution in [1.82, 2.24) is 34.1 Å². The maximum atomic E-state index is 13.5. The third kappa shape index (κ3) is 7.10. The Labute approximate surface area is 314 Å². The molecule has 0 radical (unpaired) electrons. The normalized spacial score (nSPS) is 22.7. The number of alkyl halides is 3. The number of imidazole rings is 1. The van der Waals surface area contributed by atoms with Gasteiger partial charge in [-0.1, -0.05) is 12.1 Å². The molecule has 1 saturated carbocycles. The zero-order valence-corrected chi connectivity index (χ0v) is 30.6. The summed E-state index contributed by atoms with van der Waals surface area (Å²) in [5.74, 6) is -0.933. The third-order valence-corrected chi connectivity index (χ3v) is 11.4. The zero-order valence-electron chi connectivity index (χ0n) is 30.6. The monoisotopic (exact) mass is 757 g/mol. The molecule has 13 nitrogen and oxygen atoms in total. The lowest BCUT2D eigenvalue weighted by Crippen LogP contribution is -2.53. The summed E-state index contributed by atoms with van der Waals surface area (Å²) in [5, 5.41) is 10.7. The van der Waals surface area contributed by atoms with E-state index in [-0.39, 0.29) is 35.8 Å². The lowest BCUT2D eigenvalue weighted by atomic mass is 9.85. The standard InChI is InChI=1S/C39H42F3N9O4/c1-23-20-49(30-6-4-7-31-35(30)47(2)38(55)51(31)32-15-16-34(52)45-37(32)54)18-17-48(23)21-24-9-12-27(13-10-24)50-22-25-19-26(11-14-28(25)46-50)43-36(53)29-5-3-8-33(44-29)39(40,41)42/h3-8,11,14,19,22-24,27,32H,9-10,12-13,15-18,20-21H2,1-2H3,(H,43,53)(H,45,52,54)/t23-,24?,27?,32?/m0/s1. The average Bonchev–Trinajstić information content (AvgIpc) is 3.70. The molecule has 2 aromatic carbocycles. The molecular formula is C39H42F3N9O4. The number of hydrogen-bond acceptors (Lipinski definition) is 8. The number of imide groups is 1. The lowest BCUT2D eigenvalue weighted by Gasteiger charge is -2.43. The molecule has 5 aromatic rings. The van der Waals surface area contributed by atoms with Gasteiger partial charge in [-0.05, 0) is 87.4 Å². The number of carbonyl (C=O) groups excluding carboxylic acids is 3. The van der Waals surface area contributed by atoms with Crippen LogP contribution in [0.4, 0.5) is 24.5 Å². The van der Waals surface area contributed by atoms with E-state index in [1.54, 1.807) is 29.8 Å². The van der Waals surface area contributed by atoms with Crippen LogP contribution in [0.15, 0.2) is 65.6 Å². The van der Waals surface area contributed by atoms with Gasteiger partial charge in [0.05, 0.1) is 28.3 Å². The highest BCUT2D eigenvalue weighted by atomic mass is 19.4. The zero-order chi connectivity index (χ0) is 38.6. The molecule has 288 valence electrons. The fourth-order valence-electron chi connectivity index (χ4n) is 8.54. The number of piperidine rings is 1. The number of amides is 3. The minimum Gasteiger partial charge on any atom is -0.367 e. The first-order valence-corrected chi connectivity index (χ1v) is 18.7. The van der Waals surface area contributed by atoms with Crippen molar-refractivity contribution in [3.63, 3.8) is 0 Å². The minimum absolute atomic E-state index is 0.196. The summed E-state index contributed by atoms with van der Waals surface area (Å²) >= 11 is 0. The van der Waals surface area contributed by atoms with Crippen LogP contribution < -0.4 is 21.2 Å². The molecule has 2 N–H and O–H groups in total. The maximum absolute atomic E-state index is 13.5. The van der Waals surface area contributed by atoms with Crippen LogP contribution in [-0.2, 0) is 22.8 Å². The second kappa shape index (κ2) is 14.3. The highest BCUT2D eigenvalue weighted by Crippen LogP contribution is 2.36. The number of hydrogen-bond donors (Lipinski definition) is 2. The van der Waals surface area contributed by atoms with Gasteiger partial charge in [0.2, 0.25) is 11.8 Å². The van der Waals surface area contributed by atoms with E-state index in [1.807, 2.05) is 29.1 Å². The number of benzene rings is 2. The topological polar surface area (TPSA) is 139 Å². The molecule has 3 aromatic heterocycles. The number of piperazine rings is 1. The van der Waals surface area contributed by atoms with Crippen LogP contribution in [0.1, 0.15) is 73.7 Å². The number of para-hydroxylation sites is 1. The molecule has 2 aliphatic heterocycles. The first kappa shape index (κ1) is 36.5. The number of nitrogens with one attached hydrogen (secondary N) is 2. The highest BCUT2D eigenvalue weighted by molar-refractivity contribution is 6.04.